The van der Waals surface area contributed by atoms with Crippen molar-refractivity contribution in [2.24, 2.45) is 5.92 Å². The van der Waals surface area contributed by atoms with Gasteiger partial charge in [-0.25, -0.2) is 0 Å². The maximum Gasteiger partial charge on any atom is 0.223 e. The number of hydrogen-bond donors (Lipinski definition) is 1. The molecule has 138 valence electrons. The summed E-state index contributed by atoms with van der Waals surface area (Å²) in [5, 5.41) is 3.64. The molecule has 0 bridgehead atoms. The van der Waals surface area contributed by atoms with Crippen LogP contribution in [0.4, 0.5) is 0 Å². The van der Waals surface area contributed by atoms with Gasteiger partial charge < -0.3 is 20.0 Å². The van der Waals surface area contributed by atoms with Crippen molar-refractivity contribution in [3.63, 3.8) is 0 Å². The molecule has 2 heterocycles. The number of rotatable bonds is 6. The third-order valence-electron chi connectivity index (χ3n) is 6.45. The van der Waals surface area contributed by atoms with Gasteiger partial charge in [-0.3, -0.25) is 4.79 Å². The quantitative estimate of drug-likeness (QED) is 0.796. The second-order valence-corrected chi connectivity index (χ2v) is 8.16. The molecule has 5 nitrogen and oxygen atoms in total. The zero-order valence-electron chi connectivity index (χ0n) is 15.7. The van der Waals surface area contributed by atoms with Gasteiger partial charge in [0.25, 0.3) is 0 Å². The second-order valence-electron chi connectivity index (χ2n) is 8.16. The van der Waals surface area contributed by atoms with Gasteiger partial charge in [-0.05, 0) is 52.1 Å². The molecule has 0 aromatic carbocycles. The fourth-order valence-corrected chi connectivity index (χ4v) is 4.32. The van der Waals surface area contributed by atoms with Crippen LogP contribution >= 0.6 is 0 Å². The maximum absolute atomic E-state index is 12.3. The van der Waals surface area contributed by atoms with Gasteiger partial charge in [-0.2, -0.15) is 0 Å². The molecule has 2 saturated heterocycles. The van der Waals surface area contributed by atoms with Gasteiger partial charge in [-0.1, -0.05) is 6.42 Å². The maximum atomic E-state index is 12.3. The van der Waals surface area contributed by atoms with Crippen LogP contribution < -0.4 is 5.32 Å². The summed E-state index contributed by atoms with van der Waals surface area (Å²) < 4.78 is 0. The Morgan fingerprint density at radius 2 is 1.83 bits per heavy atom. The summed E-state index contributed by atoms with van der Waals surface area (Å²) in [5.74, 6) is 1.07. The molecule has 0 radical (unpaired) electrons. The van der Waals surface area contributed by atoms with Gasteiger partial charge in [0.05, 0.1) is 0 Å². The van der Waals surface area contributed by atoms with Crippen molar-refractivity contribution in [2.45, 2.75) is 57.5 Å². The first-order chi connectivity index (χ1) is 11.6. The van der Waals surface area contributed by atoms with E-state index in [0.29, 0.717) is 18.4 Å². The van der Waals surface area contributed by atoms with Crippen LogP contribution in [0.5, 0.6) is 0 Å². The van der Waals surface area contributed by atoms with Crippen LogP contribution in [0.2, 0.25) is 0 Å². The minimum atomic E-state index is 0.322. The number of piperazine rings is 1. The molecular weight excluding hydrogens is 300 g/mol. The van der Waals surface area contributed by atoms with E-state index in [-0.39, 0.29) is 0 Å². The molecule has 2 aliphatic heterocycles. The van der Waals surface area contributed by atoms with Crippen LogP contribution in [0, 0.1) is 5.92 Å². The molecule has 3 rings (SSSR count). The Labute approximate surface area is 147 Å². The monoisotopic (exact) mass is 336 g/mol. The number of likely N-dealkylation sites (tertiary alicyclic amines) is 1. The van der Waals surface area contributed by atoms with Crippen molar-refractivity contribution in [3.8, 4) is 0 Å². The molecule has 2 atom stereocenters. The summed E-state index contributed by atoms with van der Waals surface area (Å²) in [6.45, 7) is 9.50. The number of nitrogens with zero attached hydrogens (tertiary/aromatic N) is 3. The van der Waals surface area contributed by atoms with Crippen molar-refractivity contribution >= 4 is 5.91 Å². The van der Waals surface area contributed by atoms with Gasteiger partial charge in [-0.15, -0.1) is 0 Å². The van der Waals surface area contributed by atoms with Gasteiger partial charge in [0.2, 0.25) is 5.91 Å². The smallest absolute Gasteiger partial charge is 0.223 e. The average molecular weight is 337 g/mol. The largest absolute Gasteiger partial charge is 0.340 e. The summed E-state index contributed by atoms with van der Waals surface area (Å²) in [4.78, 5) is 19.4. The molecule has 1 N–H and O–H groups in total. The SMILES string of the molecule is C[C@@H](NCCC(=O)N1CCN(C)CC1)[C@@H]1CCCN(C2CCC2)C1. The van der Waals surface area contributed by atoms with Crippen molar-refractivity contribution in [2.75, 3.05) is 52.9 Å². The van der Waals surface area contributed by atoms with Crippen LogP contribution in [0.15, 0.2) is 0 Å². The molecule has 1 amide bonds. The van der Waals surface area contributed by atoms with Gasteiger partial charge in [0.15, 0.2) is 0 Å². The Bertz CT molecular complexity index is 404. The van der Waals surface area contributed by atoms with Gasteiger partial charge >= 0.3 is 0 Å². The summed E-state index contributed by atoms with van der Waals surface area (Å²) in [5.41, 5.74) is 0. The summed E-state index contributed by atoms with van der Waals surface area (Å²) in [6, 6.07) is 1.40. The number of likely N-dealkylation sites (N-methyl/N-ethyl adjacent to an activating group) is 1. The predicted molar refractivity (Wildman–Crippen MR) is 98.1 cm³/mol. The molecule has 3 aliphatic rings. The molecule has 0 spiro atoms. The molecule has 1 saturated carbocycles. The number of piperidine rings is 1. The average Bonchev–Trinajstić information content (AvgIpc) is 2.54. The summed E-state index contributed by atoms with van der Waals surface area (Å²) >= 11 is 0. The number of hydrogen-bond acceptors (Lipinski definition) is 4. The lowest BCUT2D eigenvalue weighted by atomic mass is 9.85. The van der Waals surface area contributed by atoms with Crippen molar-refractivity contribution in [1.29, 1.82) is 0 Å². The van der Waals surface area contributed by atoms with Gasteiger partial charge in [0.1, 0.15) is 0 Å². The third-order valence-corrected chi connectivity index (χ3v) is 6.45. The number of nitrogens with one attached hydrogen (secondary N) is 1. The molecule has 24 heavy (non-hydrogen) atoms. The summed E-state index contributed by atoms with van der Waals surface area (Å²) in [7, 11) is 2.13. The second kappa shape index (κ2) is 8.63. The van der Waals surface area contributed by atoms with Crippen LogP contribution in [0.25, 0.3) is 0 Å². The van der Waals surface area contributed by atoms with E-state index in [1.165, 1.54) is 45.2 Å². The Balaban J connectivity index is 1.34. The zero-order valence-corrected chi connectivity index (χ0v) is 15.7. The minimum absolute atomic E-state index is 0.322. The highest BCUT2D eigenvalue weighted by Gasteiger charge is 2.31. The zero-order chi connectivity index (χ0) is 16.9. The van der Waals surface area contributed by atoms with E-state index in [1.807, 2.05) is 4.90 Å². The first-order valence-corrected chi connectivity index (χ1v) is 10.1. The Kier molecular flexibility index (Phi) is 6.53. The van der Waals surface area contributed by atoms with Crippen LogP contribution in [-0.4, -0.2) is 85.6 Å². The van der Waals surface area contributed by atoms with Crippen molar-refractivity contribution in [1.82, 2.24) is 20.0 Å². The normalized spacial score (nSPS) is 28.6. The Morgan fingerprint density at radius 1 is 1.08 bits per heavy atom. The molecule has 1 aliphatic carbocycles. The van der Waals surface area contributed by atoms with Crippen LogP contribution in [0.1, 0.15) is 45.4 Å². The van der Waals surface area contributed by atoms with Crippen molar-refractivity contribution < 1.29 is 4.79 Å². The highest BCUT2D eigenvalue weighted by atomic mass is 16.2. The van der Waals surface area contributed by atoms with E-state index in [2.05, 4.69) is 29.1 Å². The number of carbonyl (C=O) groups excluding carboxylic acids is 1. The lowest BCUT2D eigenvalue weighted by Gasteiger charge is -2.44. The fourth-order valence-electron chi connectivity index (χ4n) is 4.32. The molecule has 0 aromatic rings. The molecule has 5 heteroatoms. The topological polar surface area (TPSA) is 38.8 Å². The van der Waals surface area contributed by atoms with E-state index in [0.717, 1.165) is 44.7 Å². The molecular formula is C19H36N4O. The van der Waals surface area contributed by atoms with E-state index in [1.54, 1.807) is 0 Å². The predicted octanol–water partition coefficient (Wildman–Crippen LogP) is 1.39. The van der Waals surface area contributed by atoms with E-state index >= 15 is 0 Å². The molecule has 3 fully saturated rings. The van der Waals surface area contributed by atoms with Crippen molar-refractivity contribution in [3.05, 3.63) is 0 Å². The molecule has 0 aromatic heterocycles. The Morgan fingerprint density at radius 3 is 2.50 bits per heavy atom. The summed E-state index contributed by atoms with van der Waals surface area (Å²) in [6.07, 6.45) is 7.57. The first-order valence-electron chi connectivity index (χ1n) is 10.1. The third kappa shape index (κ3) is 4.70. The van der Waals surface area contributed by atoms with Crippen LogP contribution in [-0.2, 0) is 4.79 Å². The van der Waals surface area contributed by atoms with Crippen LogP contribution in [0.3, 0.4) is 0 Å². The van der Waals surface area contributed by atoms with Gasteiger partial charge in [0, 0.05) is 57.8 Å². The number of amides is 1. The minimum Gasteiger partial charge on any atom is -0.340 e. The molecule has 0 unspecified atom stereocenters. The van der Waals surface area contributed by atoms with E-state index < -0.39 is 0 Å². The fraction of sp³-hybridized carbons (Fsp3) is 0.947. The first kappa shape index (κ1) is 18.2. The lowest BCUT2D eigenvalue weighted by Crippen LogP contribution is -2.50. The number of carbonyl (C=O) groups is 1. The Hall–Kier alpha value is -0.650. The standard InChI is InChI=1S/C19H36N4O/c1-16(17-5-4-10-23(15-17)18-6-3-7-18)20-9-8-19(24)22-13-11-21(2)12-14-22/h16-18,20H,3-15H2,1-2H3/t16-,17-/m1/s1. The lowest BCUT2D eigenvalue weighted by molar-refractivity contribution is -0.132. The van der Waals surface area contributed by atoms with E-state index in [9.17, 15) is 4.79 Å². The van der Waals surface area contributed by atoms with E-state index in [4.69, 9.17) is 0 Å². The highest BCUT2D eigenvalue weighted by molar-refractivity contribution is 5.76. The highest BCUT2D eigenvalue weighted by Crippen LogP contribution is 2.30.